The maximum absolute atomic E-state index is 11.9. The molecule has 0 aliphatic carbocycles. The monoisotopic (exact) mass is 426 g/mol. The van der Waals surface area contributed by atoms with Crippen molar-refractivity contribution in [3.8, 4) is 5.75 Å². The molecule has 0 unspecified atom stereocenters. The molecule has 168 valence electrons. The van der Waals surface area contributed by atoms with Gasteiger partial charge in [0, 0.05) is 50.7 Å². The van der Waals surface area contributed by atoms with Gasteiger partial charge in [0.05, 0.1) is 24.4 Å². The zero-order valence-corrected chi connectivity index (χ0v) is 18.8. The lowest BCUT2D eigenvalue weighted by atomic mass is 10.0. The molecule has 1 amide bonds. The molecule has 1 aromatic carbocycles. The quantitative estimate of drug-likeness (QED) is 0.706. The first kappa shape index (κ1) is 21.8. The lowest BCUT2D eigenvalue weighted by Gasteiger charge is -2.43. The predicted molar refractivity (Wildman–Crippen MR) is 121 cm³/mol. The summed E-state index contributed by atoms with van der Waals surface area (Å²) in [7, 11) is 0. The molecule has 3 heterocycles. The average Bonchev–Trinajstić information content (AvgIpc) is 2.80. The maximum atomic E-state index is 11.9. The molecule has 2 saturated heterocycles. The van der Waals surface area contributed by atoms with Crippen LogP contribution in [0, 0.1) is 0 Å². The summed E-state index contributed by atoms with van der Waals surface area (Å²) < 4.78 is 10.7. The van der Waals surface area contributed by atoms with E-state index in [1.54, 1.807) is 0 Å². The van der Waals surface area contributed by atoms with Gasteiger partial charge in [-0.25, -0.2) is 4.79 Å². The number of carbonyl (C=O) groups is 1. The van der Waals surface area contributed by atoms with Crippen LogP contribution in [-0.4, -0.2) is 84.3 Å². The van der Waals surface area contributed by atoms with Gasteiger partial charge in [-0.15, -0.1) is 0 Å². The molecule has 1 aromatic heterocycles. The number of hydrogen-bond donors (Lipinski definition) is 0. The summed E-state index contributed by atoms with van der Waals surface area (Å²) in [6.07, 6.45) is 2.25. The number of benzene rings is 1. The van der Waals surface area contributed by atoms with Crippen LogP contribution in [0.4, 0.5) is 4.79 Å². The molecule has 4 rings (SSSR count). The van der Waals surface area contributed by atoms with E-state index >= 15 is 0 Å². The van der Waals surface area contributed by atoms with E-state index in [0.717, 1.165) is 68.2 Å². The largest absolute Gasteiger partial charge is 0.494 e. The van der Waals surface area contributed by atoms with E-state index in [-0.39, 0.29) is 6.09 Å². The molecular formula is C24H34N4O3. The molecule has 0 N–H and O–H groups in total. The van der Waals surface area contributed by atoms with E-state index in [1.165, 1.54) is 12.8 Å². The summed E-state index contributed by atoms with van der Waals surface area (Å²) >= 11 is 0. The standard InChI is InChI=1S/C24H34N4O3/c1-3-30-22-9-10-23-19(16-22)7-8-20(25-23)17-26-11-5-6-21(18-26)27-12-14-28(15-13-27)24(29)31-4-2/h7-10,16,21H,3-6,11-15,17-18H2,1-2H3/t21-/m1/s1. The van der Waals surface area contributed by atoms with Crippen molar-refractivity contribution in [1.29, 1.82) is 0 Å². The number of ether oxygens (including phenoxy) is 2. The number of hydrogen-bond acceptors (Lipinski definition) is 6. The Labute approximate surface area is 184 Å². The summed E-state index contributed by atoms with van der Waals surface area (Å²) in [6.45, 7) is 11.4. The Morgan fingerprint density at radius 3 is 2.68 bits per heavy atom. The topological polar surface area (TPSA) is 58.1 Å². The zero-order chi connectivity index (χ0) is 21.6. The van der Waals surface area contributed by atoms with E-state index in [4.69, 9.17) is 14.5 Å². The van der Waals surface area contributed by atoms with Gasteiger partial charge in [0.1, 0.15) is 5.75 Å². The van der Waals surface area contributed by atoms with Gasteiger partial charge in [-0.3, -0.25) is 14.8 Å². The molecule has 0 spiro atoms. The van der Waals surface area contributed by atoms with E-state index in [0.29, 0.717) is 19.3 Å². The van der Waals surface area contributed by atoms with Gasteiger partial charge in [-0.2, -0.15) is 0 Å². The van der Waals surface area contributed by atoms with E-state index in [2.05, 4.69) is 28.0 Å². The highest BCUT2D eigenvalue weighted by Gasteiger charge is 2.29. The predicted octanol–water partition coefficient (Wildman–Crippen LogP) is 3.37. The number of carbonyl (C=O) groups excluding carboxylic acids is 1. The fourth-order valence-electron chi connectivity index (χ4n) is 4.68. The van der Waals surface area contributed by atoms with Crippen molar-refractivity contribution in [2.45, 2.75) is 39.3 Å². The van der Waals surface area contributed by atoms with Crippen LogP contribution in [0.15, 0.2) is 30.3 Å². The molecule has 1 atom stereocenters. The molecule has 0 saturated carbocycles. The normalized spacial score (nSPS) is 20.7. The first-order chi connectivity index (χ1) is 15.2. The molecule has 7 heteroatoms. The van der Waals surface area contributed by atoms with Crippen molar-refractivity contribution in [1.82, 2.24) is 19.7 Å². The lowest BCUT2D eigenvalue weighted by molar-refractivity contribution is 0.0410. The third-order valence-corrected chi connectivity index (χ3v) is 6.25. The highest BCUT2D eigenvalue weighted by molar-refractivity contribution is 5.80. The summed E-state index contributed by atoms with van der Waals surface area (Å²) in [4.78, 5) is 23.7. The number of piperazine rings is 1. The summed E-state index contributed by atoms with van der Waals surface area (Å²) in [5, 5.41) is 1.12. The van der Waals surface area contributed by atoms with Gasteiger partial charge in [0.15, 0.2) is 0 Å². The fourth-order valence-corrected chi connectivity index (χ4v) is 4.68. The van der Waals surface area contributed by atoms with Crippen LogP contribution in [0.3, 0.4) is 0 Å². The van der Waals surface area contributed by atoms with Crippen molar-refractivity contribution >= 4 is 17.0 Å². The van der Waals surface area contributed by atoms with Crippen LogP contribution in [-0.2, 0) is 11.3 Å². The highest BCUT2D eigenvalue weighted by atomic mass is 16.6. The number of likely N-dealkylation sites (tertiary alicyclic amines) is 1. The van der Waals surface area contributed by atoms with Crippen molar-refractivity contribution in [3.05, 3.63) is 36.0 Å². The van der Waals surface area contributed by atoms with Crippen molar-refractivity contribution in [3.63, 3.8) is 0 Å². The van der Waals surface area contributed by atoms with Crippen LogP contribution in [0.1, 0.15) is 32.4 Å². The van der Waals surface area contributed by atoms with Crippen molar-refractivity contribution in [2.24, 2.45) is 0 Å². The number of aromatic nitrogens is 1. The van der Waals surface area contributed by atoms with Crippen LogP contribution in [0.5, 0.6) is 5.75 Å². The molecule has 2 aliphatic heterocycles. The smallest absolute Gasteiger partial charge is 0.409 e. The van der Waals surface area contributed by atoms with Gasteiger partial charge in [-0.1, -0.05) is 6.07 Å². The summed E-state index contributed by atoms with van der Waals surface area (Å²) in [5.74, 6) is 0.895. The SMILES string of the molecule is CCOC(=O)N1CCN([C@@H]2CCCN(Cc3ccc4cc(OCC)ccc4n3)C2)CC1. The van der Waals surface area contributed by atoms with Gasteiger partial charge < -0.3 is 14.4 Å². The molecule has 31 heavy (non-hydrogen) atoms. The number of nitrogens with zero attached hydrogens (tertiary/aromatic N) is 4. The second kappa shape index (κ2) is 10.3. The van der Waals surface area contributed by atoms with Crippen LogP contribution in [0.2, 0.25) is 0 Å². The van der Waals surface area contributed by atoms with Crippen LogP contribution >= 0.6 is 0 Å². The van der Waals surface area contributed by atoms with E-state index in [1.807, 2.05) is 30.9 Å². The van der Waals surface area contributed by atoms with Crippen LogP contribution < -0.4 is 4.74 Å². The molecule has 2 aromatic rings. The third kappa shape index (κ3) is 5.46. The Bertz CT molecular complexity index is 882. The first-order valence-electron chi connectivity index (χ1n) is 11.6. The van der Waals surface area contributed by atoms with Crippen molar-refractivity contribution in [2.75, 3.05) is 52.5 Å². The first-order valence-corrected chi connectivity index (χ1v) is 11.6. The summed E-state index contributed by atoms with van der Waals surface area (Å²) in [5.41, 5.74) is 2.13. The Morgan fingerprint density at radius 2 is 1.90 bits per heavy atom. The minimum atomic E-state index is -0.178. The maximum Gasteiger partial charge on any atom is 0.409 e. The molecule has 0 radical (unpaired) electrons. The molecule has 7 nitrogen and oxygen atoms in total. The average molecular weight is 427 g/mol. The fraction of sp³-hybridized carbons (Fsp3) is 0.583. The van der Waals surface area contributed by atoms with Gasteiger partial charge in [0.25, 0.3) is 0 Å². The van der Waals surface area contributed by atoms with Gasteiger partial charge in [0.2, 0.25) is 0 Å². The van der Waals surface area contributed by atoms with Gasteiger partial charge >= 0.3 is 6.09 Å². The number of rotatable bonds is 6. The third-order valence-electron chi connectivity index (χ3n) is 6.25. The lowest BCUT2D eigenvalue weighted by Crippen LogP contribution is -2.55. The number of fused-ring (bicyclic) bond motifs is 1. The second-order valence-corrected chi connectivity index (χ2v) is 8.34. The molecular weight excluding hydrogens is 392 g/mol. The Kier molecular flexibility index (Phi) is 7.25. The van der Waals surface area contributed by atoms with E-state index < -0.39 is 0 Å². The Balaban J connectivity index is 1.33. The van der Waals surface area contributed by atoms with Gasteiger partial charge in [-0.05, 0) is 57.5 Å². The number of pyridine rings is 1. The minimum Gasteiger partial charge on any atom is -0.494 e. The Hall–Kier alpha value is -2.38. The Morgan fingerprint density at radius 1 is 1.06 bits per heavy atom. The van der Waals surface area contributed by atoms with E-state index in [9.17, 15) is 4.79 Å². The second-order valence-electron chi connectivity index (χ2n) is 8.34. The minimum absolute atomic E-state index is 0.178. The zero-order valence-electron chi connectivity index (χ0n) is 18.8. The highest BCUT2D eigenvalue weighted by Crippen LogP contribution is 2.22. The molecule has 0 bridgehead atoms. The number of piperidine rings is 1. The molecule has 2 aliphatic rings. The van der Waals surface area contributed by atoms with Crippen molar-refractivity contribution < 1.29 is 14.3 Å². The van der Waals surface area contributed by atoms with Crippen LogP contribution in [0.25, 0.3) is 10.9 Å². The number of amides is 1. The summed E-state index contributed by atoms with van der Waals surface area (Å²) in [6, 6.07) is 10.9. The molecule has 2 fully saturated rings.